The Morgan fingerprint density at radius 2 is 2.27 bits per heavy atom. The van der Waals surface area contributed by atoms with Crippen molar-refractivity contribution < 1.29 is 9.18 Å². The van der Waals surface area contributed by atoms with Gasteiger partial charge in [-0.15, -0.1) is 0 Å². The number of rotatable bonds is 2. The van der Waals surface area contributed by atoms with Crippen molar-refractivity contribution in [3.05, 3.63) is 24.0 Å². The zero-order valence-corrected chi connectivity index (χ0v) is 8.46. The molecule has 0 radical (unpaired) electrons. The Morgan fingerprint density at radius 3 is 2.87 bits per heavy atom. The highest BCUT2D eigenvalue weighted by Crippen LogP contribution is 2.38. The molecule has 3 nitrogen and oxygen atoms in total. The SMILES string of the molecule is CC1CC1C(=O)Nc1cc(F)ccc1N. The van der Waals surface area contributed by atoms with E-state index in [-0.39, 0.29) is 11.8 Å². The summed E-state index contributed by atoms with van der Waals surface area (Å²) in [5.41, 5.74) is 6.36. The van der Waals surface area contributed by atoms with Crippen LogP contribution in [-0.2, 0) is 4.79 Å². The van der Waals surface area contributed by atoms with Gasteiger partial charge in [-0.3, -0.25) is 4.79 Å². The van der Waals surface area contributed by atoms with Crippen molar-refractivity contribution >= 4 is 17.3 Å². The van der Waals surface area contributed by atoms with Gasteiger partial charge >= 0.3 is 0 Å². The maximum absolute atomic E-state index is 12.9. The molecule has 0 aliphatic heterocycles. The molecule has 0 heterocycles. The van der Waals surface area contributed by atoms with Gasteiger partial charge in [-0.2, -0.15) is 0 Å². The van der Waals surface area contributed by atoms with Crippen molar-refractivity contribution in [1.29, 1.82) is 0 Å². The van der Waals surface area contributed by atoms with E-state index < -0.39 is 5.82 Å². The van der Waals surface area contributed by atoms with Gasteiger partial charge < -0.3 is 11.1 Å². The fraction of sp³-hybridized carbons (Fsp3) is 0.364. The third-order valence-corrected chi connectivity index (χ3v) is 2.72. The summed E-state index contributed by atoms with van der Waals surface area (Å²) in [4.78, 5) is 11.6. The normalized spacial score (nSPS) is 23.6. The number of carbonyl (C=O) groups excluding carboxylic acids is 1. The standard InChI is InChI=1S/C11H13FN2O/c1-6-4-8(6)11(15)14-10-5-7(12)2-3-9(10)13/h2-3,5-6,8H,4,13H2,1H3,(H,14,15). The third-order valence-electron chi connectivity index (χ3n) is 2.72. The minimum atomic E-state index is -0.400. The minimum Gasteiger partial charge on any atom is -0.397 e. The van der Waals surface area contributed by atoms with E-state index in [0.29, 0.717) is 17.3 Å². The molecule has 1 aliphatic carbocycles. The van der Waals surface area contributed by atoms with Gasteiger partial charge in [0.2, 0.25) is 5.91 Å². The highest BCUT2D eigenvalue weighted by molar-refractivity contribution is 5.96. The fourth-order valence-corrected chi connectivity index (χ4v) is 1.55. The first-order valence-electron chi connectivity index (χ1n) is 4.94. The average Bonchev–Trinajstić information content (AvgIpc) is 2.89. The van der Waals surface area contributed by atoms with Crippen molar-refractivity contribution in [3.8, 4) is 0 Å². The third kappa shape index (κ3) is 2.09. The van der Waals surface area contributed by atoms with Crippen molar-refractivity contribution in [2.75, 3.05) is 11.1 Å². The number of halogens is 1. The Kier molecular flexibility index (Phi) is 2.34. The van der Waals surface area contributed by atoms with Crippen LogP contribution < -0.4 is 11.1 Å². The molecule has 1 amide bonds. The second kappa shape index (κ2) is 3.53. The number of nitrogens with one attached hydrogen (secondary N) is 1. The predicted octanol–water partition coefficient (Wildman–Crippen LogP) is 2.00. The topological polar surface area (TPSA) is 55.1 Å². The Balaban J connectivity index is 2.10. The summed E-state index contributed by atoms with van der Waals surface area (Å²) in [5.74, 6) is 0.0237. The number of nitrogen functional groups attached to an aromatic ring is 1. The highest BCUT2D eigenvalue weighted by Gasteiger charge is 2.39. The Bertz CT molecular complexity index is 406. The smallest absolute Gasteiger partial charge is 0.227 e. The molecule has 2 rings (SSSR count). The van der Waals surface area contributed by atoms with E-state index in [0.717, 1.165) is 6.42 Å². The molecule has 1 aliphatic rings. The van der Waals surface area contributed by atoms with Crippen LogP contribution in [0.4, 0.5) is 15.8 Å². The minimum absolute atomic E-state index is 0.0627. The lowest BCUT2D eigenvalue weighted by molar-refractivity contribution is -0.117. The zero-order valence-electron chi connectivity index (χ0n) is 8.46. The fourth-order valence-electron chi connectivity index (χ4n) is 1.55. The van der Waals surface area contributed by atoms with Crippen molar-refractivity contribution in [3.63, 3.8) is 0 Å². The van der Waals surface area contributed by atoms with E-state index >= 15 is 0 Å². The van der Waals surface area contributed by atoms with E-state index in [4.69, 9.17) is 5.73 Å². The van der Waals surface area contributed by atoms with Crippen LogP contribution in [0.1, 0.15) is 13.3 Å². The lowest BCUT2D eigenvalue weighted by Gasteiger charge is -2.07. The molecule has 0 spiro atoms. The predicted molar refractivity (Wildman–Crippen MR) is 56.7 cm³/mol. The molecule has 0 aromatic heterocycles. The molecule has 4 heteroatoms. The van der Waals surface area contributed by atoms with Crippen molar-refractivity contribution in [1.82, 2.24) is 0 Å². The summed E-state index contributed by atoms with van der Waals surface area (Å²) in [6.07, 6.45) is 0.904. The first-order chi connectivity index (χ1) is 7.08. The molecule has 0 bridgehead atoms. The first-order valence-corrected chi connectivity index (χ1v) is 4.94. The number of hydrogen-bond acceptors (Lipinski definition) is 2. The van der Waals surface area contributed by atoms with Gasteiger partial charge in [0, 0.05) is 5.92 Å². The van der Waals surface area contributed by atoms with Gasteiger partial charge in [0.25, 0.3) is 0 Å². The molecule has 1 fully saturated rings. The molecule has 0 saturated heterocycles. The van der Waals surface area contributed by atoms with Crippen LogP contribution in [0.5, 0.6) is 0 Å². The van der Waals surface area contributed by atoms with Crippen LogP contribution >= 0.6 is 0 Å². The van der Waals surface area contributed by atoms with Crippen LogP contribution in [0.25, 0.3) is 0 Å². The summed E-state index contributed by atoms with van der Waals surface area (Å²) in [7, 11) is 0. The number of anilines is 2. The second-order valence-corrected chi connectivity index (χ2v) is 4.04. The molecule has 1 aromatic carbocycles. The van der Waals surface area contributed by atoms with E-state index in [2.05, 4.69) is 5.32 Å². The maximum Gasteiger partial charge on any atom is 0.227 e. The quantitative estimate of drug-likeness (QED) is 0.730. The van der Waals surface area contributed by atoms with Gasteiger partial charge in [-0.05, 0) is 30.5 Å². The van der Waals surface area contributed by atoms with Crippen LogP contribution in [0.2, 0.25) is 0 Å². The van der Waals surface area contributed by atoms with Gasteiger partial charge in [-0.1, -0.05) is 6.92 Å². The summed E-state index contributed by atoms with van der Waals surface area (Å²) < 4.78 is 12.9. The molecular formula is C11H13FN2O. The van der Waals surface area contributed by atoms with Gasteiger partial charge in [0.05, 0.1) is 11.4 Å². The molecule has 15 heavy (non-hydrogen) atoms. The lowest BCUT2D eigenvalue weighted by atomic mass is 10.2. The molecule has 3 N–H and O–H groups in total. The Labute approximate surface area is 87.5 Å². The Morgan fingerprint density at radius 1 is 1.60 bits per heavy atom. The summed E-state index contributed by atoms with van der Waals surface area (Å²) in [6.45, 7) is 2.01. The largest absolute Gasteiger partial charge is 0.397 e. The molecule has 1 aromatic rings. The molecule has 2 atom stereocenters. The summed E-state index contributed by atoms with van der Waals surface area (Å²) in [6, 6.07) is 3.95. The number of nitrogens with two attached hydrogens (primary N) is 1. The van der Waals surface area contributed by atoms with Gasteiger partial charge in [0.1, 0.15) is 5.82 Å². The number of carbonyl (C=O) groups is 1. The first kappa shape index (κ1) is 9.96. The van der Waals surface area contributed by atoms with Gasteiger partial charge in [-0.25, -0.2) is 4.39 Å². The number of benzene rings is 1. The maximum atomic E-state index is 12.9. The van der Waals surface area contributed by atoms with Crippen LogP contribution in [-0.4, -0.2) is 5.91 Å². The lowest BCUT2D eigenvalue weighted by Crippen LogP contribution is -2.15. The van der Waals surface area contributed by atoms with Crippen LogP contribution in [0, 0.1) is 17.7 Å². The second-order valence-electron chi connectivity index (χ2n) is 4.04. The van der Waals surface area contributed by atoms with Crippen LogP contribution in [0.3, 0.4) is 0 Å². The molecular weight excluding hydrogens is 195 g/mol. The van der Waals surface area contributed by atoms with E-state index in [1.807, 2.05) is 6.92 Å². The zero-order chi connectivity index (χ0) is 11.0. The number of hydrogen-bond donors (Lipinski definition) is 2. The Hall–Kier alpha value is -1.58. The van der Waals surface area contributed by atoms with Crippen molar-refractivity contribution in [2.24, 2.45) is 11.8 Å². The van der Waals surface area contributed by atoms with E-state index in [1.54, 1.807) is 0 Å². The van der Waals surface area contributed by atoms with Gasteiger partial charge in [0.15, 0.2) is 0 Å². The van der Waals surface area contributed by atoms with Crippen LogP contribution in [0.15, 0.2) is 18.2 Å². The summed E-state index contributed by atoms with van der Waals surface area (Å²) >= 11 is 0. The summed E-state index contributed by atoms with van der Waals surface area (Å²) in [5, 5.41) is 2.64. The van der Waals surface area contributed by atoms with Crippen molar-refractivity contribution in [2.45, 2.75) is 13.3 Å². The van der Waals surface area contributed by atoms with E-state index in [9.17, 15) is 9.18 Å². The average molecular weight is 208 g/mol. The molecule has 80 valence electrons. The molecule has 1 saturated carbocycles. The van der Waals surface area contributed by atoms with E-state index in [1.165, 1.54) is 18.2 Å². The monoisotopic (exact) mass is 208 g/mol. The molecule has 2 unspecified atom stereocenters. The highest BCUT2D eigenvalue weighted by atomic mass is 19.1. The number of amides is 1.